The molecule has 0 spiro atoms. The Labute approximate surface area is 143 Å². The lowest BCUT2D eigenvalue weighted by molar-refractivity contribution is -0.116. The third kappa shape index (κ3) is 5.83. The molecule has 0 aliphatic carbocycles. The number of benzene rings is 1. The maximum absolute atomic E-state index is 11.8. The number of carbonyl (C=O) groups is 2. The molecule has 2 aromatic rings. The fraction of sp³-hybridized carbons (Fsp3) is 0.235. The molecule has 5 nitrogen and oxygen atoms in total. The monoisotopic (exact) mass is 376 g/mol. The van der Waals surface area contributed by atoms with Crippen LogP contribution in [0, 0.1) is 0 Å². The Hall–Kier alpha value is -2.21. The van der Waals surface area contributed by atoms with E-state index >= 15 is 0 Å². The number of hydrogen-bond acceptors (Lipinski definition) is 4. The van der Waals surface area contributed by atoms with Crippen molar-refractivity contribution in [3.8, 4) is 5.75 Å². The van der Waals surface area contributed by atoms with Gasteiger partial charge in [0.05, 0.1) is 6.61 Å². The maximum atomic E-state index is 11.8. The van der Waals surface area contributed by atoms with E-state index in [9.17, 15) is 9.59 Å². The molecule has 1 amide bonds. The normalized spacial score (nSPS) is 10.2. The lowest BCUT2D eigenvalue weighted by Gasteiger charge is -2.07. The topological polar surface area (TPSA) is 68.3 Å². The molecule has 2 rings (SSSR count). The van der Waals surface area contributed by atoms with E-state index in [1.165, 1.54) is 6.92 Å². The van der Waals surface area contributed by atoms with Crippen LogP contribution in [0.1, 0.15) is 30.1 Å². The van der Waals surface area contributed by atoms with Crippen LogP contribution >= 0.6 is 15.9 Å². The quantitative estimate of drug-likeness (QED) is 0.588. The minimum Gasteiger partial charge on any atom is -0.494 e. The van der Waals surface area contributed by atoms with Crippen molar-refractivity contribution < 1.29 is 14.3 Å². The fourth-order valence-corrected chi connectivity index (χ4v) is 2.10. The van der Waals surface area contributed by atoms with Crippen LogP contribution in [0.3, 0.4) is 0 Å². The number of hydrogen-bond donors (Lipinski definition) is 1. The Morgan fingerprint density at radius 2 is 1.91 bits per heavy atom. The summed E-state index contributed by atoms with van der Waals surface area (Å²) in [6.07, 6.45) is 2.57. The Morgan fingerprint density at radius 1 is 1.17 bits per heavy atom. The van der Waals surface area contributed by atoms with Gasteiger partial charge in [0.15, 0.2) is 5.78 Å². The van der Waals surface area contributed by atoms with Crippen LogP contribution in [0.4, 0.5) is 5.82 Å². The molecule has 0 saturated heterocycles. The van der Waals surface area contributed by atoms with Crippen LogP contribution in [0.25, 0.3) is 0 Å². The molecule has 0 aliphatic heterocycles. The van der Waals surface area contributed by atoms with E-state index in [1.54, 1.807) is 36.5 Å². The zero-order valence-electron chi connectivity index (χ0n) is 12.7. The van der Waals surface area contributed by atoms with Gasteiger partial charge < -0.3 is 10.1 Å². The van der Waals surface area contributed by atoms with Crippen LogP contribution in [-0.2, 0) is 4.79 Å². The predicted octanol–water partition coefficient (Wildman–Crippen LogP) is 3.84. The highest BCUT2D eigenvalue weighted by molar-refractivity contribution is 9.10. The number of Topliss-reactive ketones (excluding diaryl/α,β-unsaturated/α-hetero) is 1. The minimum atomic E-state index is -0.102. The Balaban J connectivity index is 1.69. The van der Waals surface area contributed by atoms with Crippen molar-refractivity contribution in [2.45, 2.75) is 19.8 Å². The summed E-state index contributed by atoms with van der Waals surface area (Å²) in [6.45, 7) is 1.95. The number of nitrogens with zero attached hydrogens (tertiary/aromatic N) is 1. The number of amides is 1. The van der Waals surface area contributed by atoms with E-state index < -0.39 is 0 Å². The number of ketones is 1. The summed E-state index contributed by atoms with van der Waals surface area (Å²) in [5.41, 5.74) is 0.652. The number of anilines is 1. The molecule has 23 heavy (non-hydrogen) atoms. The van der Waals surface area contributed by atoms with Crippen LogP contribution in [-0.4, -0.2) is 23.3 Å². The number of halogens is 1. The molecular weight excluding hydrogens is 360 g/mol. The van der Waals surface area contributed by atoms with Gasteiger partial charge in [-0.2, -0.15) is 0 Å². The Bertz CT molecular complexity index is 669. The van der Waals surface area contributed by atoms with Gasteiger partial charge in [0.25, 0.3) is 0 Å². The van der Waals surface area contributed by atoms with Gasteiger partial charge in [0.1, 0.15) is 11.6 Å². The molecule has 0 unspecified atom stereocenters. The molecule has 1 heterocycles. The molecule has 6 heteroatoms. The van der Waals surface area contributed by atoms with Crippen molar-refractivity contribution in [2.75, 3.05) is 11.9 Å². The highest BCUT2D eigenvalue weighted by Gasteiger charge is 2.04. The molecule has 1 aromatic heterocycles. The Morgan fingerprint density at radius 3 is 2.52 bits per heavy atom. The molecular formula is C17H17BrN2O3. The second kappa shape index (κ2) is 8.43. The number of ether oxygens (including phenoxy) is 1. The molecule has 1 N–H and O–H groups in total. The molecule has 0 bridgehead atoms. The van der Waals surface area contributed by atoms with Crippen molar-refractivity contribution in [2.24, 2.45) is 0 Å². The predicted molar refractivity (Wildman–Crippen MR) is 91.7 cm³/mol. The summed E-state index contributed by atoms with van der Waals surface area (Å²) < 4.78 is 6.40. The lowest BCUT2D eigenvalue weighted by atomic mass is 10.1. The van der Waals surface area contributed by atoms with Crippen LogP contribution in [0.5, 0.6) is 5.75 Å². The van der Waals surface area contributed by atoms with Crippen molar-refractivity contribution in [1.29, 1.82) is 0 Å². The molecule has 0 fully saturated rings. The third-order valence-electron chi connectivity index (χ3n) is 3.07. The van der Waals surface area contributed by atoms with Crippen molar-refractivity contribution >= 4 is 33.4 Å². The zero-order chi connectivity index (χ0) is 16.7. The minimum absolute atomic E-state index is 0.0229. The summed E-state index contributed by atoms with van der Waals surface area (Å²) in [5, 5.41) is 2.72. The van der Waals surface area contributed by atoms with Crippen LogP contribution < -0.4 is 10.1 Å². The summed E-state index contributed by atoms with van der Waals surface area (Å²) in [5.74, 6) is 1.13. The maximum Gasteiger partial charge on any atom is 0.225 e. The van der Waals surface area contributed by atoms with E-state index in [2.05, 4.69) is 26.2 Å². The Kier molecular flexibility index (Phi) is 6.29. The number of carbonyl (C=O) groups excluding carboxylic acids is 2. The highest BCUT2D eigenvalue weighted by atomic mass is 79.9. The van der Waals surface area contributed by atoms with Gasteiger partial charge in [0, 0.05) is 22.7 Å². The molecule has 0 radical (unpaired) electrons. The van der Waals surface area contributed by atoms with Crippen molar-refractivity contribution in [1.82, 2.24) is 4.98 Å². The standard InChI is InChI=1S/C17H17BrN2O3/c1-12(21)13-4-7-15(8-5-13)23-10-2-3-17(22)20-16-9-6-14(18)11-19-16/h4-9,11H,2-3,10H2,1H3,(H,19,20,22). The summed E-state index contributed by atoms with van der Waals surface area (Å²) in [4.78, 5) is 27.0. The van der Waals surface area contributed by atoms with Gasteiger partial charge in [-0.15, -0.1) is 0 Å². The average Bonchev–Trinajstić information content (AvgIpc) is 2.54. The fourth-order valence-electron chi connectivity index (χ4n) is 1.86. The molecule has 0 aliphatic rings. The second-order valence-corrected chi connectivity index (χ2v) is 5.86. The largest absolute Gasteiger partial charge is 0.494 e. The lowest BCUT2D eigenvalue weighted by Crippen LogP contribution is -2.13. The van der Waals surface area contributed by atoms with E-state index in [0.717, 1.165) is 4.47 Å². The van der Waals surface area contributed by atoms with Gasteiger partial charge in [-0.05, 0) is 65.7 Å². The zero-order valence-corrected chi connectivity index (χ0v) is 14.3. The number of pyridine rings is 1. The van der Waals surface area contributed by atoms with E-state index in [0.29, 0.717) is 36.6 Å². The SMILES string of the molecule is CC(=O)c1ccc(OCCCC(=O)Nc2ccc(Br)cn2)cc1. The van der Waals surface area contributed by atoms with Crippen LogP contribution in [0.2, 0.25) is 0 Å². The molecule has 0 saturated carbocycles. The first kappa shape index (κ1) is 17.1. The first-order valence-electron chi connectivity index (χ1n) is 7.20. The van der Waals surface area contributed by atoms with E-state index in [1.807, 2.05) is 6.07 Å². The van der Waals surface area contributed by atoms with Crippen molar-refractivity contribution in [3.63, 3.8) is 0 Å². The first-order valence-corrected chi connectivity index (χ1v) is 7.99. The second-order valence-electron chi connectivity index (χ2n) is 4.94. The average molecular weight is 377 g/mol. The highest BCUT2D eigenvalue weighted by Crippen LogP contribution is 2.13. The summed E-state index contributed by atoms with van der Waals surface area (Å²) in [6, 6.07) is 10.5. The first-order chi connectivity index (χ1) is 11.0. The molecule has 0 atom stereocenters. The van der Waals surface area contributed by atoms with Gasteiger partial charge in [-0.1, -0.05) is 0 Å². The van der Waals surface area contributed by atoms with Gasteiger partial charge in [-0.3, -0.25) is 9.59 Å². The smallest absolute Gasteiger partial charge is 0.225 e. The molecule has 120 valence electrons. The number of nitrogens with one attached hydrogen (secondary N) is 1. The number of aromatic nitrogens is 1. The third-order valence-corrected chi connectivity index (χ3v) is 3.54. The number of rotatable bonds is 7. The summed E-state index contributed by atoms with van der Waals surface area (Å²) >= 11 is 3.29. The van der Waals surface area contributed by atoms with Crippen LogP contribution in [0.15, 0.2) is 47.1 Å². The van der Waals surface area contributed by atoms with Gasteiger partial charge in [0.2, 0.25) is 5.91 Å². The van der Waals surface area contributed by atoms with Gasteiger partial charge >= 0.3 is 0 Å². The van der Waals surface area contributed by atoms with E-state index in [4.69, 9.17) is 4.74 Å². The van der Waals surface area contributed by atoms with Crippen molar-refractivity contribution in [3.05, 3.63) is 52.6 Å². The van der Waals surface area contributed by atoms with Gasteiger partial charge in [-0.25, -0.2) is 4.98 Å². The summed E-state index contributed by atoms with van der Waals surface area (Å²) in [7, 11) is 0. The van der Waals surface area contributed by atoms with E-state index in [-0.39, 0.29) is 11.7 Å². The molecule has 1 aromatic carbocycles.